The fourth-order valence-electron chi connectivity index (χ4n) is 2.93. The second-order valence-electron chi connectivity index (χ2n) is 6.16. The van der Waals surface area contributed by atoms with Crippen LogP contribution >= 0.6 is 0 Å². The first kappa shape index (κ1) is 15.5. The van der Waals surface area contributed by atoms with Gasteiger partial charge in [0.1, 0.15) is 0 Å². The van der Waals surface area contributed by atoms with Gasteiger partial charge in [-0.05, 0) is 45.7 Å². The number of hydrogen-bond donors (Lipinski definition) is 0. The summed E-state index contributed by atoms with van der Waals surface area (Å²) < 4.78 is 7.29. The van der Waals surface area contributed by atoms with Crippen molar-refractivity contribution in [2.75, 3.05) is 26.8 Å². The normalized spacial score (nSPS) is 18.6. The van der Waals surface area contributed by atoms with Crippen LogP contribution in [0.3, 0.4) is 0 Å². The lowest BCUT2D eigenvalue weighted by molar-refractivity contribution is 0.0628. The van der Waals surface area contributed by atoms with E-state index in [1.54, 1.807) is 0 Å². The van der Waals surface area contributed by atoms with E-state index in [1.807, 2.05) is 17.9 Å². The largest absolute Gasteiger partial charge is 0.381 e. The molecular weight excluding hydrogens is 250 g/mol. The smallest absolute Gasteiger partial charge is 0.0537 e. The van der Waals surface area contributed by atoms with Crippen LogP contribution in [0.5, 0.6) is 0 Å². The lowest BCUT2D eigenvalue weighted by atomic mass is 9.94. The van der Waals surface area contributed by atoms with Crippen molar-refractivity contribution in [1.82, 2.24) is 14.7 Å². The monoisotopic (exact) mass is 279 g/mol. The molecule has 2 heterocycles. The molecule has 0 N–H and O–H groups in total. The van der Waals surface area contributed by atoms with Crippen molar-refractivity contribution in [3.8, 4) is 0 Å². The molecule has 114 valence electrons. The zero-order valence-corrected chi connectivity index (χ0v) is 13.2. The van der Waals surface area contributed by atoms with E-state index < -0.39 is 0 Å². The zero-order valence-electron chi connectivity index (χ0n) is 13.2. The van der Waals surface area contributed by atoms with E-state index in [9.17, 15) is 0 Å². The van der Waals surface area contributed by atoms with Crippen LogP contribution in [0.4, 0.5) is 0 Å². The van der Waals surface area contributed by atoms with Crippen LogP contribution in [0.1, 0.15) is 50.6 Å². The second-order valence-corrected chi connectivity index (χ2v) is 6.16. The van der Waals surface area contributed by atoms with Gasteiger partial charge in [-0.3, -0.25) is 9.58 Å². The number of ether oxygens (including phenoxy) is 1. The van der Waals surface area contributed by atoms with Gasteiger partial charge in [0.2, 0.25) is 0 Å². The minimum absolute atomic E-state index is 0.451. The van der Waals surface area contributed by atoms with Crippen molar-refractivity contribution >= 4 is 0 Å². The third-order valence-corrected chi connectivity index (χ3v) is 4.58. The lowest BCUT2D eigenvalue weighted by Gasteiger charge is -2.25. The van der Waals surface area contributed by atoms with Crippen molar-refractivity contribution < 1.29 is 4.74 Å². The number of unbranched alkanes of at least 4 members (excludes halogenated alkanes) is 1. The van der Waals surface area contributed by atoms with Crippen LogP contribution in [-0.2, 0) is 11.8 Å². The summed E-state index contributed by atoms with van der Waals surface area (Å²) in [6, 6.07) is 0.451. The van der Waals surface area contributed by atoms with Crippen molar-refractivity contribution in [1.29, 1.82) is 0 Å². The van der Waals surface area contributed by atoms with Gasteiger partial charge < -0.3 is 4.74 Å². The molecule has 0 aliphatic carbocycles. The van der Waals surface area contributed by atoms with Crippen molar-refractivity contribution in [3.05, 3.63) is 18.0 Å². The van der Waals surface area contributed by atoms with E-state index in [0.717, 1.165) is 19.1 Å². The maximum atomic E-state index is 5.41. The molecule has 0 amide bonds. The van der Waals surface area contributed by atoms with Gasteiger partial charge in [0, 0.05) is 38.1 Å². The minimum Gasteiger partial charge on any atom is -0.381 e. The molecule has 1 fully saturated rings. The van der Waals surface area contributed by atoms with Crippen molar-refractivity contribution in [2.45, 2.75) is 45.1 Å². The standard InChI is InChI=1S/C16H29N3O/c1-14(16-12-17-19(3)13-16)18(2)9-5-4-6-15-7-10-20-11-8-15/h12-15H,4-11H2,1-3H3. The van der Waals surface area contributed by atoms with Gasteiger partial charge in [-0.15, -0.1) is 0 Å². The third-order valence-electron chi connectivity index (χ3n) is 4.58. The van der Waals surface area contributed by atoms with Crippen LogP contribution in [0.2, 0.25) is 0 Å². The van der Waals surface area contributed by atoms with Gasteiger partial charge in [0.25, 0.3) is 0 Å². The molecule has 0 spiro atoms. The summed E-state index contributed by atoms with van der Waals surface area (Å²) in [6.45, 7) is 5.37. The molecule has 1 aromatic rings. The average Bonchev–Trinajstić information content (AvgIpc) is 2.90. The molecule has 1 aliphatic rings. The van der Waals surface area contributed by atoms with Gasteiger partial charge in [0.05, 0.1) is 6.20 Å². The predicted molar refractivity (Wildman–Crippen MR) is 81.6 cm³/mol. The summed E-state index contributed by atoms with van der Waals surface area (Å²) in [4.78, 5) is 2.43. The lowest BCUT2D eigenvalue weighted by Crippen LogP contribution is -2.23. The van der Waals surface area contributed by atoms with Crippen LogP contribution in [0.15, 0.2) is 12.4 Å². The topological polar surface area (TPSA) is 30.3 Å². The van der Waals surface area contributed by atoms with Crippen LogP contribution < -0.4 is 0 Å². The Morgan fingerprint density at radius 1 is 1.40 bits per heavy atom. The molecular formula is C16H29N3O. The van der Waals surface area contributed by atoms with Gasteiger partial charge >= 0.3 is 0 Å². The van der Waals surface area contributed by atoms with Crippen LogP contribution in [-0.4, -0.2) is 41.5 Å². The Morgan fingerprint density at radius 3 is 2.80 bits per heavy atom. The van der Waals surface area contributed by atoms with Crippen molar-refractivity contribution in [3.63, 3.8) is 0 Å². The summed E-state index contributed by atoms with van der Waals surface area (Å²) in [6.07, 6.45) is 10.6. The molecule has 4 nitrogen and oxygen atoms in total. The quantitative estimate of drug-likeness (QED) is 0.719. The molecule has 1 unspecified atom stereocenters. The van der Waals surface area contributed by atoms with E-state index in [4.69, 9.17) is 4.74 Å². The molecule has 20 heavy (non-hydrogen) atoms. The van der Waals surface area contributed by atoms with E-state index >= 15 is 0 Å². The molecule has 0 saturated carbocycles. The van der Waals surface area contributed by atoms with Crippen LogP contribution in [0.25, 0.3) is 0 Å². The Labute approximate surface area is 123 Å². The Hall–Kier alpha value is -0.870. The number of aromatic nitrogens is 2. The highest BCUT2D eigenvalue weighted by molar-refractivity contribution is 5.08. The minimum atomic E-state index is 0.451. The first-order chi connectivity index (χ1) is 9.66. The second kappa shape index (κ2) is 7.79. The summed E-state index contributed by atoms with van der Waals surface area (Å²) in [5.74, 6) is 0.907. The van der Waals surface area contributed by atoms with Gasteiger partial charge in [-0.25, -0.2) is 0 Å². The summed E-state index contributed by atoms with van der Waals surface area (Å²) >= 11 is 0. The maximum Gasteiger partial charge on any atom is 0.0537 e. The number of nitrogens with zero attached hydrogens (tertiary/aromatic N) is 3. The molecule has 0 radical (unpaired) electrons. The molecule has 4 heteroatoms. The Balaban J connectivity index is 1.63. The van der Waals surface area contributed by atoms with Crippen LogP contribution in [0, 0.1) is 5.92 Å². The number of hydrogen-bond acceptors (Lipinski definition) is 3. The predicted octanol–water partition coefficient (Wildman–Crippen LogP) is 3.01. The highest BCUT2D eigenvalue weighted by Gasteiger charge is 2.15. The van der Waals surface area contributed by atoms with E-state index in [2.05, 4.69) is 30.2 Å². The Morgan fingerprint density at radius 2 is 2.15 bits per heavy atom. The zero-order chi connectivity index (χ0) is 14.4. The van der Waals surface area contributed by atoms with Gasteiger partial charge in [-0.2, -0.15) is 5.10 Å². The molecule has 0 bridgehead atoms. The Kier molecular flexibility index (Phi) is 6.05. The summed E-state index contributed by atoms with van der Waals surface area (Å²) in [7, 11) is 4.19. The molecule has 1 saturated heterocycles. The first-order valence-electron chi connectivity index (χ1n) is 7.93. The van der Waals surface area contributed by atoms with Crippen molar-refractivity contribution in [2.24, 2.45) is 13.0 Å². The number of rotatable bonds is 7. The molecule has 0 aromatic carbocycles. The van der Waals surface area contributed by atoms with Gasteiger partial charge in [-0.1, -0.05) is 12.8 Å². The van der Waals surface area contributed by atoms with E-state index in [0.29, 0.717) is 6.04 Å². The third kappa shape index (κ3) is 4.60. The molecule has 1 aliphatic heterocycles. The fraction of sp³-hybridized carbons (Fsp3) is 0.812. The SMILES string of the molecule is CC(c1cnn(C)c1)N(C)CCCCC1CCOCC1. The molecule has 1 aromatic heterocycles. The molecule has 2 rings (SSSR count). The van der Waals surface area contributed by atoms with E-state index in [1.165, 1.54) is 44.2 Å². The Bertz CT molecular complexity index is 385. The first-order valence-corrected chi connectivity index (χ1v) is 7.93. The average molecular weight is 279 g/mol. The maximum absolute atomic E-state index is 5.41. The summed E-state index contributed by atoms with van der Waals surface area (Å²) in [5, 5.41) is 4.26. The highest BCUT2D eigenvalue weighted by atomic mass is 16.5. The number of aryl methyl sites for hydroxylation is 1. The highest BCUT2D eigenvalue weighted by Crippen LogP contribution is 2.22. The fourth-order valence-corrected chi connectivity index (χ4v) is 2.93. The summed E-state index contributed by atoms with van der Waals surface area (Å²) in [5.41, 5.74) is 1.31. The van der Waals surface area contributed by atoms with E-state index in [-0.39, 0.29) is 0 Å². The van der Waals surface area contributed by atoms with Gasteiger partial charge in [0.15, 0.2) is 0 Å². The molecule has 1 atom stereocenters.